The van der Waals surface area contributed by atoms with Crippen molar-refractivity contribution in [2.45, 2.75) is 20.0 Å². The van der Waals surface area contributed by atoms with Gasteiger partial charge in [-0.15, -0.1) is 0 Å². The number of halogens is 4. The van der Waals surface area contributed by atoms with E-state index in [1.165, 1.54) is 6.07 Å². The molecule has 1 aromatic rings. The number of anilines is 1. The second-order valence-corrected chi connectivity index (χ2v) is 7.52. The number of amides is 2. The first-order valence-electron chi connectivity index (χ1n) is 8.23. The van der Waals surface area contributed by atoms with Crippen molar-refractivity contribution in [2.24, 2.45) is 23.7 Å². The van der Waals surface area contributed by atoms with E-state index < -0.39 is 40.4 Å². The molecule has 2 bridgehead atoms. The predicted molar refractivity (Wildman–Crippen MR) is 90.4 cm³/mol. The number of rotatable bonds is 1. The third-order valence-electron chi connectivity index (χ3n) is 5.51. The molecule has 1 aromatic carbocycles. The summed E-state index contributed by atoms with van der Waals surface area (Å²) in [6, 6.07) is 3.13. The monoisotopic (exact) mass is 381 g/mol. The molecular formula is C19H15ClF3NO2. The first-order valence-corrected chi connectivity index (χ1v) is 8.61. The van der Waals surface area contributed by atoms with Gasteiger partial charge in [0.2, 0.25) is 11.8 Å². The minimum absolute atomic E-state index is 0.0794. The Labute approximate surface area is 153 Å². The topological polar surface area (TPSA) is 37.4 Å². The number of carbonyl (C=O) groups excluding carboxylic acids is 2. The zero-order chi connectivity index (χ0) is 19.0. The van der Waals surface area contributed by atoms with E-state index in [0.29, 0.717) is 0 Å². The SMILES string of the molecule is CC(C)=C1[C@H]2C=C[C@@H]1[C@H]1C(=O)N(c3ccc(Cl)c(C(F)(F)F)c3)C(=O)[C@@H]12. The Bertz CT molecular complexity index is 865. The number of nitrogens with zero attached hydrogens (tertiary/aromatic N) is 1. The van der Waals surface area contributed by atoms with Gasteiger partial charge >= 0.3 is 6.18 Å². The van der Waals surface area contributed by atoms with Crippen molar-refractivity contribution in [1.82, 2.24) is 0 Å². The van der Waals surface area contributed by atoms with Gasteiger partial charge < -0.3 is 0 Å². The molecule has 4 rings (SSSR count). The number of carbonyl (C=O) groups is 2. The summed E-state index contributed by atoms with van der Waals surface area (Å²) in [6.45, 7) is 3.90. The molecule has 3 nitrogen and oxygen atoms in total. The van der Waals surface area contributed by atoms with Gasteiger partial charge in [0, 0.05) is 11.8 Å². The number of benzene rings is 1. The Morgan fingerprint density at radius 1 is 1.04 bits per heavy atom. The summed E-state index contributed by atoms with van der Waals surface area (Å²) in [6.07, 6.45) is -0.789. The van der Waals surface area contributed by atoms with Crippen molar-refractivity contribution in [2.75, 3.05) is 4.90 Å². The van der Waals surface area contributed by atoms with E-state index in [9.17, 15) is 22.8 Å². The molecule has 2 fully saturated rings. The van der Waals surface area contributed by atoms with Crippen molar-refractivity contribution >= 4 is 29.1 Å². The van der Waals surface area contributed by atoms with Crippen LogP contribution < -0.4 is 4.90 Å². The molecule has 0 radical (unpaired) electrons. The van der Waals surface area contributed by atoms with Crippen molar-refractivity contribution in [3.8, 4) is 0 Å². The predicted octanol–water partition coefficient (Wildman–Crippen LogP) is 4.62. The normalized spacial score (nSPS) is 29.8. The Hall–Kier alpha value is -2.08. The number of imide groups is 1. The molecule has 1 heterocycles. The van der Waals surface area contributed by atoms with Gasteiger partial charge in [-0.05, 0) is 32.0 Å². The number of fused-ring (bicyclic) bond motifs is 5. The van der Waals surface area contributed by atoms with Crippen molar-refractivity contribution in [3.63, 3.8) is 0 Å². The van der Waals surface area contributed by atoms with E-state index in [0.717, 1.165) is 28.2 Å². The summed E-state index contributed by atoms with van der Waals surface area (Å²) in [7, 11) is 0. The van der Waals surface area contributed by atoms with Crippen LogP contribution in [-0.2, 0) is 15.8 Å². The van der Waals surface area contributed by atoms with Crippen LogP contribution in [0.25, 0.3) is 0 Å². The van der Waals surface area contributed by atoms with E-state index in [1.54, 1.807) is 0 Å². The fraction of sp³-hybridized carbons (Fsp3) is 0.368. The lowest BCUT2D eigenvalue weighted by molar-refractivity contribution is -0.137. The quantitative estimate of drug-likeness (QED) is 0.526. The fourth-order valence-corrected chi connectivity index (χ4v) is 4.78. The van der Waals surface area contributed by atoms with Gasteiger partial charge in [0.05, 0.1) is 28.1 Å². The molecule has 0 spiro atoms. The minimum atomic E-state index is -4.66. The van der Waals surface area contributed by atoms with Crippen LogP contribution in [0.1, 0.15) is 19.4 Å². The molecule has 136 valence electrons. The first kappa shape index (κ1) is 17.3. The highest BCUT2D eigenvalue weighted by Crippen LogP contribution is 2.57. The van der Waals surface area contributed by atoms with Gasteiger partial charge in [-0.3, -0.25) is 9.59 Å². The molecule has 2 aliphatic carbocycles. The summed E-state index contributed by atoms with van der Waals surface area (Å²) < 4.78 is 39.4. The van der Waals surface area contributed by atoms with Crippen LogP contribution in [-0.4, -0.2) is 11.8 Å². The van der Waals surface area contributed by atoms with E-state index in [4.69, 9.17) is 11.6 Å². The van der Waals surface area contributed by atoms with Gasteiger partial charge in [-0.25, -0.2) is 4.90 Å². The maximum atomic E-state index is 13.1. The van der Waals surface area contributed by atoms with Crippen LogP contribution >= 0.6 is 11.6 Å². The molecule has 0 unspecified atom stereocenters. The molecular weight excluding hydrogens is 367 g/mol. The highest BCUT2D eigenvalue weighted by molar-refractivity contribution is 6.31. The number of hydrogen-bond acceptors (Lipinski definition) is 2. The molecule has 1 aliphatic heterocycles. The second-order valence-electron chi connectivity index (χ2n) is 7.12. The van der Waals surface area contributed by atoms with Crippen LogP contribution in [0.5, 0.6) is 0 Å². The van der Waals surface area contributed by atoms with E-state index in [2.05, 4.69) is 0 Å². The van der Waals surface area contributed by atoms with Crippen LogP contribution in [0.15, 0.2) is 41.5 Å². The molecule has 0 N–H and O–H groups in total. The molecule has 26 heavy (non-hydrogen) atoms. The van der Waals surface area contributed by atoms with Crippen LogP contribution in [0.3, 0.4) is 0 Å². The Balaban J connectivity index is 1.76. The summed E-state index contributed by atoms with van der Waals surface area (Å²) >= 11 is 5.64. The van der Waals surface area contributed by atoms with Crippen LogP contribution in [0.2, 0.25) is 5.02 Å². The molecule has 1 saturated carbocycles. The largest absolute Gasteiger partial charge is 0.417 e. The van der Waals surface area contributed by atoms with Gasteiger partial charge in [0.1, 0.15) is 0 Å². The van der Waals surface area contributed by atoms with E-state index in [-0.39, 0.29) is 17.5 Å². The third kappa shape index (κ3) is 2.21. The number of allylic oxidation sites excluding steroid dienone is 4. The highest BCUT2D eigenvalue weighted by atomic mass is 35.5. The Morgan fingerprint density at radius 3 is 2.04 bits per heavy atom. The summed E-state index contributed by atoms with van der Waals surface area (Å²) in [5.74, 6) is -2.24. The molecule has 4 atom stereocenters. The van der Waals surface area contributed by atoms with Gasteiger partial charge in [0.15, 0.2) is 0 Å². The van der Waals surface area contributed by atoms with Crippen molar-refractivity contribution in [1.29, 1.82) is 0 Å². The maximum absolute atomic E-state index is 13.1. The van der Waals surface area contributed by atoms with Crippen molar-refractivity contribution < 1.29 is 22.8 Å². The lowest BCUT2D eigenvalue weighted by atomic mass is 9.85. The smallest absolute Gasteiger partial charge is 0.274 e. The van der Waals surface area contributed by atoms with Crippen LogP contribution in [0, 0.1) is 23.7 Å². The van der Waals surface area contributed by atoms with E-state index >= 15 is 0 Å². The maximum Gasteiger partial charge on any atom is 0.417 e. The molecule has 0 aromatic heterocycles. The average molecular weight is 382 g/mol. The highest BCUT2D eigenvalue weighted by Gasteiger charge is 2.62. The molecule has 3 aliphatic rings. The van der Waals surface area contributed by atoms with Gasteiger partial charge in [0.25, 0.3) is 0 Å². The molecule has 2 amide bonds. The lowest BCUT2D eigenvalue weighted by Gasteiger charge is -2.20. The average Bonchev–Trinajstić information content (AvgIpc) is 3.17. The van der Waals surface area contributed by atoms with Crippen molar-refractivity contribution in [3.05, 3.63) is 52.1 Å². The summed E-state index contributed by atoms with van der Waals surface area (Å²) in [5, 5.41) is -0.464. The van der Waals surface area contributed by atoms with E-state index in [1.807, 2.05) is 26.0 Å². The van der Waals surface area contributed by atoms with Gasteiger partial charge in [-0.2, -0.15) is 13.2 Å². The lowest BCUT2D eigenvalue weighted by Crippen LogP contribution is -2.33. The zero-order valence-corrected chi connectivity index (χ0v) is 14.7. The van der Waals surface area contributed by atoms with Crippen LogP contribution in [0.4, 0.5) is 18.9 Å². The minimum Gasteiger partial charge on any atom is -0.274 e. The number of hydrogen-bond donors (Lipinski definition) is 0. The van der Waals surface area contributed by atoms with Gasteiger partial charge in [-0.1, -0.05) is 34.9 Å². The first-order chi connectivity index (χ1) is 12.1. The Morgan fingerprint density at radius 2 is 1.58 bits per heavy atom. The fourth-order valence-electron chi connectivity index (χ4n) is 4.55. The molecule has 7 heteroatoms. The summed E-state index contributed by atoms with van der Waals surface area (Å²) in [5.41, 5.74) is 1.04. The standard InChI is InChI=1S/C19H15ClF3NO2/c1-8(2)14-10-4-5-11(14)16-15(10)17(25)24(18(16)26)9-3-6-13(20)12(7-9)19(21,22)23/h3-7,10-11,15-16H,1-2H3/t10-,11+,15-,16-/m1/s1. The Kier molecular flexibility index (Phi) is 3.64. The number of alkyl halides is 3. The second kappa shape index (κ2) is 5.46. The summed E-state index contributed by atoms with van der Waals surface area (Å²) in [4.78, 5) is 26.8. The third-order valence-corrected chi connectivity index (χ3v) is 5.84. The zero-order valence-electron chi connectivity index (χ0n) is 14.0. The molecule has 1 saturated heterocycles.